The Labute approximate surface area is 100 Å². The van der Waals surface area contributed by atoms with Crippen molar-refractivity contribution < 1.29 is 33.2 Å². The van der Waals surface area contributed by atoms with Gasteiger partial charge in [-0.25, -0.2) is 0 Å². The normalized spacial score (nSPS) is 8.59. The molecule has 0 rings (SSSR count). The average molecular weight is 250 g/mol. The van der Waals surface area contributed by atoms with Gasteiger partial charge in [0.15, 0.2) is 0 Å². The monoisotopic (exact) mass is 250 g/mol. The van der Waals surface area contributed by atoms with Crippen LogP contribution in [0.25, 0.3) is 0 Å². The Bertz CT molecular complexity index is 242. The highest BCUT2D eigenvalue weighted by Crippen LogP contribution is 2.17. The lowest BCUT2D eigenvalue weighted by Crippen LogP contribution is -2.08. The van der Waals surface area contributed by atoms with Crippen LogP contribution < -0.4 is 0 Å². The van der Waals surface area contributed by atoms with Crippen LogP contribution in [0.4, 0.5) is 0 Å². The molecule has 0 fully saturated rings. The molecule has 0 heterocycles. The summed E-state index contributed by atoms with van der Waals surface area (Å²) in [5.74, 6) is 0.0408. The first-order chi connectivity index (χ1) is 8.18. The lowest BCUT2D eigenvalue weighted by atomic mass is 10.8. The van der Waals surface area contributed by atoms with Crippen molar-refractivity contribution >= 4 is 0 Å². The summed E-state index contributed by atoms with van der Waals surface area (Å²) in [6.45, 7) is 0. The minimum atomic E-state index is -0.0292. The maximum atomic E-state index is 5.25. The van der Waals surface area contributed by atoms with Crippen molar-refractivity contribution in [1.29, 1.82) is 0 Å². The molecule has 0 saturated carbocycles. The second kappa shape index (κ2) is 8.26. The molecule has 0 aliphatic heterocycles. The van der Waals surface area contributed by atoms with Crippen LogP contribution in [0.1, 0.15) is 0 Å². The van der Waals surface area contributed by atoms with Crippen molar-refractivity contribution in [2.45, 2.75) is 0 Å². The molecular weight excluding hydrogens is 232 g/mol. The lowest BCUT2D eigenvalue weighted by molar-refractivity contribution is -0.0473. The van der Waals surface area contributed by atoms with Crippen molar-refractivity contribution in [3.8, 4) is 0 Å². The van der Waals surface area contributed by atoms with Gasteiger partial charge >= 0.3 is 23.8 Å². The molecule has 0 aromatic heterocycles. The molecule has 0 aromatic carbocycles. The fourth-order valence-corrected chi connectivity index (χ4v) is 0.918. The van der Waals surface area contributed by atoms with Crippen molar-refractivity contribution in [2.24, 2.45) is 0 Å². The zero-order chi connectivity index (χ0) is 13.3. The van der Waals surface area contributed by atoms with E-state index in [1.165, 1.54) is 42.7 Å². The third-order valence-corrected chi connectivity index (χ3v) is 1.63. The van der Waals surface area contributed by atoms with Gasteiger partial charge in [-0.2, -0.15) is 0 Å². The quantitative estimate of drug-likeness (QED) is 0.598. The fraction of sp³-hybridized carbons (Fsp3) is 0.600. The highest BCUT2D eigenvalue weighted by atomic mass is 16.8. The Hall–Kier alpha value is -1.92. The Morgan fingerprint density at radius 3 is 0.824 bits per heavy atom. The van der Waals surface area contributed by atoms with Crippen molar-refractivity contribution in [1.82, 2.24) is 0 Å². The number of methoxy groups -OCH3 is 6. The highest BCUT2D eigenvalue weighted by Gasteiger charge is 2.19. The molecule has 100 valence electrons. The maximum absolute atomic E-state index is 5.25. The summed E-state index contributed by atoms with van der Waals surface area (Å²) in [7, 11) is 8.41. The van der Waals surface area contributed by atoms with E-state index in [-0.39, 0.29) is 23.8 Å². The molecule has 7 heteroatoms. The predicted molar refractivity (Wildman–Crippen MR) is 57.2 cm³/mol. The summed E-state index contributed by atoms with van der Waals surface area (Å²) in [5.41, 5.74) is 0. The number of ether oxygens (including phenoxy) is 7. The van der Waals surface area contributed by atoms with E-state index in [9.17, 15) is 0 Å². The largest absolute Gasteiger partial charge is 0.464 e. The third-order valence-electron chi connectivity index (χ3n) is 1.63. The molecule has 0 unspecified atom stereocenters. The smallest absolute Gasteiger partial charge is 0.372 e. The second-order valence-electron chi connectivity index (χ2n) is 2.48. The summed E-state index contributed by atoms with van der Waals surface area (Å²) < 4.78 is 34.7. The Kier molecular flexibility index (Phi) is 7.32. The SMILES string of the molecule is COC(OC)=C(OC)OC(OC)=C(OC)OC. The molecule has 0 N–H and O–H groups in total. The van der Waals surface area contributed by atoms with Crippen LogP contribution in [0.5, 0.6) is 0 Å². The molecule has 0 atom stereocenters. The zero-order valence-corrected chi connectivity index (χ0v) is 10.9. The number of hydrogen-bond acceptors (Lipinski definition) is 7. The van der Waals surface area contributed by atoms with Gasteiger partial charge in [0.25, 0.3) is 0 Å². The molecule has 0 aromatic rings. The molecule has 0 aliphatic rings. The van der Waals surface area contributed by atoms with Crippen LogP contribution in [-0.2, 0) is 33.2 Å². The fourth-order valence-electron chi connectivity index (χ4n) is 0.918. The van der Waals surface area contributed by atoms with E-state index in [0.29, 0.717) is 0 Å². The van der Waals surface area contributed by atoms with Gasteiger partial charge < -0.3 is 33.2 Å². The van der Waals surface area contributed by atoms with Crippen molar-refractivity contribution in [3.63, 3.8) is 0 Å². The van der Waals surface area contributed by atoms with Gasteiger partial charge in [0.2, 0.25) is 0 Å². The maximum Gasteiger partial charge on any atom is 0.372 e. The summed E-state index contributed by atoms with van der Waals surface area (Å²) in [4.78, 5) is 0. The molecule has 17 heavy (non-hydrogen) atoms. The Morgan fingerprint density at radius 1 is 0.412 bits per heavy atom. The van der Waals surface area contributed by atoms with Gasteiger partial charge in [0.1, 0.15) is 0 Å². The summed E-state index contributed by atoms with van der Waals surface area (Å²) >= 11 is 0. The Morgan fingerprint density at radius 2 is 0.647 bits per heavy atom. The number of hydrogen-bond donors (Lipinski definition) is 0. The van der Waals surface area contributed by atoms with Gasteiger partial charge in [-0.1, -0.05) is 0 Å². The molecule has 7 nitrogen and oxygen atoms in total. The van der Waals surface area contributed by atoms with E-state index in [1.54, 1.807) is 0 Å². The Balaban J connectivity index is 5.10. The standard InChI is InChI=1S/C10H18O7/c1-11-7(12-2)9(15-5)17-10(16-6)8(13-3)14-4/h1-6H3. The van der Waals surface area contributed by atoms with E-state index in [0.717, 1.165) is 0 Å². The molecule has 0 amide bonds. The van der Waals surface area contributed by atoms with Gasteiger partial charge in [-0.3, -0.25) is 0 Å². The van der Waals surface area contributed by atoms with E-state index >= 15 is 0 Å². The molecule has 0 bridgehead atoms. The van der Waals surface area contributed by atoms with Crippen LogP contribution in [-0.4, -0.2) is 42.7 Å². The van der Waals surface area contributed by atoms with Crippen LogP contribution in [0.2, 0.25) is 0 Å². The molecule has 0 spiro atoms. The molecule has 0 radical (unpaired) electrons. The topological polar surface area (TPSA) is 64.6 Å². The van der Waals surface area contributed by atoms with E-state index < -0.39 is 0 Å². The van der Waals surface area contributed by atoms with Gasteiger partial charge in [-0.15, -0.1) is 0 Å². The van der Waals surface area contributed by atoms with E-state index in [1.807, 2.05) is 0 Å². The molecule has 0 aliphatic carbocycles. The van der Waals surface area contributed by atoms with E-state index in [2.05, 4.69) is 0 Å². The minimum absolute atomic E-state index is 0.0292. The average Bonchev–Trinajstić information content (AvgIpc) is 2.37. The first kappa shape index (κ1) is 15.1. The number of rotatable bonds is 8. The van der Waals surface area contributed by atoms with Gasteiger partial charge in [0.05, 0.1) is 42.7 Å². The minimum Gasteiger partial charge on any atom is -0.464 e. The first-order valence-corrected chi connectivity index (χ1v) is 4.58. The highest BCUT2D eigenvalue weighted by molar-refractivity contribution is 4.94. The third kappa shape index (κ3) is 4.21. The van der Waals surface area contributed by atoms with Crippen LogP contribution in [0.3, 0.4) is 0 Å². The van der Waals surface area contributed by atoms with Crippen molar-refractivity contribution in [2.75, 3.05) is 42.7 Å². The summed E-state index contributed by atoms with van der Waals surface area (Å²) in [6, 6.07) is 0. The van der Waals surface area contributed by atoms with Crippen LogP contribution in [0, 0.1) is 0 Å². The van der Waals surface area contributed by atoms with Gasteiger partial charge in [-0.05, 0) is 0 Å². The summed E-state index contributed by atoms with van der Waals surface area (Å²) in [5, 5.41) is 0. The van der Waals surface area contributed by atoms with Crippen LogP contribution in [0.15, 0.2) is 23.8 Å². The second-order valence-corrected chi connectivity index (χ2v) is 2.48. The molecular formula is C10H18O7. The van der Waals surface area contributed by atoms with Crippen molar-refractivity contribution in [3.05, 3.63) is 23.8 Å². The predicted octanol–water partition coefficient (Wildman–Crippen LogP) is 1.13. The molecule has 0 saturated heterocycles. The van der Waals surface area contributed by atoms with Crippen LogP contribution >= 0.6 is 0 Å². The summed E-state index contributed by atoms with van der Waals surface area (Å²) in [6.07, 6.45) is 0. The van der Waals surface area contributed by atoms with Gasteiger partial charge in [0, 0.05) is 0 Å². The lowest BCUT2D eigenvalue weighted by Gasteiger charge is -2.14. The zero-order valence-electron chi connectivity index (χ0n) is 10.9. The first-order valence-electron chi connectivity index (χ1n) is 4.58. The van der Waals surface area contributed by atoms with E-state index in [4.69, 9.17) is 33.2 Å².